The Kier molecular flexibility index (Phi) is 15.5. The van der Waals surface area contributed by atoms with Crippen LogP contribution in [0.5, 0.6) is 5.75 Å². The molecular formula is C35H49ClF3N9O8. The van der Waals surface area contributed by atoms with Gasteiger partial charge in [0.1, 0.15) is 30.4 Å². The van der Waals surface area contributed by atoms with Gasteiger partial charge in [0.2, 0.25) is 0 Å². The second kappa shape index (κ2) is 19.2. The fraction of sp³-hybridized carbons (Fsp3) is 0.571. The smallest absolute Gasteiger partial charge is 0.430 e. The zero-order valence-corrected chi connectivity index (χ0v) is 32.9. The number of carbonyl (C=O) groups is 4. The van der Waals surface area contributed by atoms with Crippen LogP contribution in [0.3, 0.4) is 0 Å². The highest BCUT2D eigenvalue weighted by Gasteiger charge is 2.33. The maximum atomic E-state index is 14.1. The third kappa shape index (κ3) is 11.9. The number of benzene rings is 1. The number of ether oxygens (including phenoxy) is 2. The molecule has 310 valence electrons. The first-order valence-electron chi connectivity index (χ1n) is 17.9. The van der Waals surface area contributed by atoms with Gasteiger partial charge in [0.25, 0.3) is 17.6 Å². The molecular weight excluding hydrogens is 767 g/mol. The van der Waals surface area contributed by atoms with E-state index in [4.69, 9.17) is 42.4 Å². The molecule has 1 saturated heterocycles. The first-order chi connectivity index (χ1) is 26.1. The summed E-state index contributed by atoms with van der Waals surface area (Å²) >= 11 is 6.00. The molecule has 0 unspecified atom stereocenters. The van der Waals surface area contributed by atoms with E-state index in [1.165, 1.54) is 0 Å². The number of aliphatic hydroxyl groups is 1. The molecule has 56 heavy (non-hydrogen) atoms. The highest BCUT2D eigenvalue weighted by molar-refractivity contribution is 6.31. The van der Waals surface area contributed by atoms with Gasteiger partial charge >= 0.3 is 12.3 Å². The van der Waals surface area contributed by atoms with Crippen molar-refractivity contribution in [2.45, 2.75) is 98.3 Å². The SMILES string of the molecule is CCCCCOc1cc2c(cc1C(=O)N1CCN(C(=O)OC(C)(C)C)CC1)n(CC)c(CNC(=O)c1nc(Cl)c(N)nc1N)[n+]2C[C@H](C)O.O=C([O-])C(F)(F)F. The van der Waals surface area contributed by atoms with Gasteiger partial charge in [-0.05, 0) is 41.0 Å². The Morgan fingerprint density at radius 2 is 1.64 bits per heavy atom. The van der Waals surface area contributed by atoms with Gasteiger partial charge in [-0.25, -0.2) is 23.9 Å². The van der Waals surface area contributed by atoms with Gasteiger partial charge in [0.05, 0.1) is 24.8 Å². The highest BCUT2D eigenvalue weighted by Crippen LogP contribution is 2.29. The van der Waals surface area contributed by atoms with Crippen LogP contribution >= 0.6 is 11.6 Å². The number of hydrogen-bond donors (Lipinski definition) is 4. The average Bonchev–Trinajstić information content (AvgIpc) is 3.39. The lowest BCUT2D eigenvalue weighted by Gasteiger charge is -2.35. The van der Waals surface area contributed by atoms with Crippen LogP contribution in [0.25, 0.3) is 11.0 Å². The minimum absolute atomic E-state index is 0.0276. The molecule has 3 heterocycles. The summed E-state index contributed by atoms with van der Waals surface area (Å²) < 4.78 is 47.2. The van der Waals surface area contributed by atoms with Crippen molar-refractivity contribution in [1.82, 2.24) is 29.7 Å². The number of aliphatic carboxylic acids is 1. The number of nitrogen functional groups attached to an aromatic ring is 2. The van der Waals surface area contributed by atoms with E-state index in [1.54, 1.807) is 16.7 Å². The Labute approximate surface area is 326 Å². The predicted molar refractivity (Wildman–Crippen MR) is 196 cm³/mol. The molecule has 6 N–H and O–H groups in total. The van der Waals surface area contributed by atoms with Crippen molar-refractivity contribution in [3.8, 4) is 5.75 Å². The number of imidazole rings is 1. The number of aryl methyl sites for hydroxylation is 1. The Morgan fingerprint density at radius 1 is 1.04 bits per heavy atom. The molecule has 0 bridgehead atoms. The molecule has 0 saturated carbocycles. The zero-order valence-electron chi connectivity index (χ0n) is 32.2. The van der Waals surface area contributed by atoms with E-state index in [0.29, 0.717) is 56.5 Å². The molecule has 1 aliphatic heterocycles. The van der Waals surface area contributed by atoms with Crippen molar-refractivity contribution in [2.24, 2.45) is 0 Å². The normalized spacial score (nSPS) is 13.8. The molecule has 21 heteroatoms. The largest absolute Gasteiger partial charge is 0.542 e. The number of amides is 3. The van der Waals surface area contributed by atoms with Crippen LogP contribution in [0.15, 0.2) is 12.1 Å². The lowest BCUT2D eigenvalue weighted by Crippen LogP contribution is -2.51. The van der Waals surface area contributed by atoms with Crippen LogP contribution in [0.2, 0.25) is 5.15 Å². The molecule has 3 amide bonds. The van der Waals surface area contributed by atoms with E-state index in [-0.39, 0.29) is 41.5 Å². The maximum Gasteiger partial charge on any atom is 0.430 e. The number of nitrogens with zero attached hydrogens (tertiary/aromatic N) is 6. The number of piperazine rings is 1. The predicted octanol–water partition coefficient (Wildman–Crippen LogP) is 2.43. The summed E-state index contributed by atoms with van der Waals surface area (Å²) in [7, 11) is 0. The van der Waals surface area contributed by atoms with Crippen LogP contribution in [-0.2, 0) is 29.2 Å². The number of unbranched alkanes of at least 4 members (excludes halogenated alkanes) is 2. The van der Waals surface area contributed by atoms with E-state index in [2.05, 4.69) is 22.2 Å². The summed E-state index contributed by atoms with van der Waals surface area (Å²) in [5.41, 5.74) is 12.6. The number of alkyl halides is 3. The topological polar surface area (TPSA) is 235 Å². The number of aliphatic hydroxyl groups excluding tert-OH is 1. The minimum atomic E-state index is -5.19. The first-order valence-corrected chi connectivity index (χ1v) is 18.3. The number of rotatable bonds is 12. The summed E-state index contributed by atoms with van der Waals surface area (Å²) in [5, 5.41) is 22.0. The van der Waals surface area contributed by atoms with Gasteiger partial charge in [0, 0.05) is 38.3 Å². The molecule has 1 aromatic carbocycles. The van der Waals surface area contributed by atoms with Crippen molar-refractivity contribution in [1.29, 1.82) is 0 Å². The summed E-state index contributed by atoms with van der Waals surface area (Å²) in [6, 6.07) is 3.64. The van der Waals surface area contributed by atoms with Crippen molar-refractivity contribution in [3.05, 3.63) is 34.4 Å². The lowest BCUT2D eigenvalue weighted by molar-refractivity contribution is -0.686. The Bertz CT molecular complexity index is 1890. The van der Waals surface area contributed by atoms with Crippen molar-refractivity contribution < 1.29 is 56.6 Å². The molecule has 1 aliphatic rings. The van der Waals surface area contributed by atoms with E-state index < -0.39 is 35.9 Å². The van der Waals surface area contributed by atoms with Gasteiger partial charge < -0.3 is 51.1 Å². The van der Waals surface area contributed by atoms with E-state index in [1.807, 2.05) is 49.0 Å². The first kappa shape index (κ1) is 45.3. The number of aromatic nitrogens is 4. The number of hydrogen-bond acceptors (Lipinski definition) is 12. The molecule has 4 rings (SSSR count). The van der Waals surface area contributed by atoms with E-state index >= 15 is 0 Å². The van der Waals surface area contributed by atoms with Crippen molar-refractivity contribution in [2.75, 3.05) is 44.3 Å². The fourth-order valence-electron chi connectivity index (χ4n) is 5.69. The molecule has 0 radical (unpaired) electrons. The quantitative estimate of drug-likeness (QED) is 0.153. The van der Waals surface area contributed by atoms with Crippen LogP contribution in [0.1, 0.15) is 87.5 Å². The third-order valence-corrected chi connectivity index (χ3v) is 8.54. The van der Waals surface area contributed by atoms with Crippen LogP contribution in [-0.4, -0.2) is 104 Å². The standard InChI is InChI=1S/C33H48ClN9O6.C2HF3O2/c1-7-9-10-15-48-24-17-23-22(16-21(24)31(46)40-11-13-41(14-12-40)32(47)49-33(4,5)6)42(8-2)25(43(23)19-20(3)44)18-37-30(45)26-28(35)39-29(36)27(34)38-26;3-2(4,5)1(6)7/h16-17,20,44H,7-15,18-19H2,1-6H3,(H4-,35,36,37,39,45);(H,6,7)/t20-;/m0./s1. The van der Waals surface area contributed by atoms with Gasteiger partial charge in [-0.3, -0.25) is 9.59 Å². The summed E-state index contributed by atoms with van der Waals surface area (Å²) in [6.07, 6.45) is -3.52. The highest BCUT2D eigenvalue weighted by atomic mass is 35.5. The number of carboxylic acids is 1. The zero-order chi connectivity index (χ0) is 42.1. The Morgan fingerprint density at radius 3 is 2.18 bits per heavy atom. The Hall–Kier alpha value is -5.11. The molecule has 17 nitrogen and oxygen atoms in total. The molecule has 2 aromatic heterocycles. The van der Waals surface area contributed by atoms with Crippen molar-refractivity contribution >= 4 is 58.1 Å². The van der Waals surface area contributed by atoms with Crippen LogP contribution in [0, 0.1) is 0 Å². The van der Waals surface area contributed by atoms with Crippen LogP contribution in [0.4, 0.5) is 29.6 Å². The number of fused-ring (bicyclic) bond motifs is 1. The number of carbonyl (C=O) groups excluding carboxylic acids is 4. The van der Waals surface area contributed by atoms with Crippen LogP contribution < -0.4 is 31.2 Å². The second-order valence-electron chi connectivity index (χ2n) is 13.9. The van der Waals surface area contributed by atoms with Gasteiger partial charge in [-0.15, -0.1) is 0 Å². The molecule has 1 fully saturated rings. The molecule has 3 aromatic rings. The minimum Gasteiger partial charge on any atom is -0.542 e. The summed E-state index contributed by atoms with van der Waals surface area (Å²) in [4.78, 5) is 59.9. The average molecular weight is 816 g/mol. The number of anilines is 2. The van der Waals surface area contributed by atoms with Gasteiger partial charge in [-0.2, -0.15) is 13.2 Å². The number of carboxylic acid groups (broad SMARTS) is 1. The number of nitrogens with two attached hydrogens (primary N) is 2. The van der Waals surface area contributed by atoms with E-state index in [9.17, 15) is 32.7 Å². The Balaban J connectivity index is 0.00000109. The molecule has 0 spiro atoms. The molecule has 1 atom stereocenters. The number of halogens is 4. The van der Waals surface area contributed by atoms with E-state index in [0.717, 1.165) is 30.3 Å². The summed E-state index contributed by atoms with van der Waals surface area (Å²) in [5.74, 6) is -2.99. The maximum absolute atomic E-state index is 14.1. The second-order valence-corrected chi connectivity index (χ2v) is 14.2. The van der Waals surface area contributed by atoms with Gasteiger partial charge in [-0.1, -0.05) is 31.4 Å². The van der Waals surface area contributed by atoms with Crippen molar-refractivity contribution in [3.63, 3.8) is 0 Å². The van der Waals surface area contributed by atoms with Gasteiger partial charge in [0.15, 0.2) is 33.5 Å². The third-order valence-electron chi connectivity index (χ3n) is 8.26. The molecule has 0 aliphatic carbocycles. The fourth-order valence-corrected chi connectivity index (χ4v) is 5.81. The summed E-state index contributed by atoms with van der Waals surface area (Å²) in [6.45, 7) is 13.7. The number of nitrogens with one attached hydrogen (secondary N) is 1. The lowest BCUT2D eigenvalue weighted by atomic mass is 10.1. The monoisotopic (exact) mass is 815 g/mol.